The van der Waals surface area contributed by atoms with Gasteiger partial charge in [0.05, 0.1) is 35.7 Å². The van der Waals surface area contributed by atoms with Crippen LogP contribution in [0.25, 0.3) is 28.4 Å². The summed E-state index contributed by atoms with van der Waals surface area (Å²) in [5.74, 6) is 5.84. The lowest BCUT2D eigenvalue weighted by molar-refractivity contribution is 0.0525. The highest BCUT2D eigenvalue weighted by Gasteiger charge is 2.24. The van der Waals surface area contributed by atoms with Crippen LogP contribution in [-0.4, -0.2) is 141 Å². The second kappa shape index (κ2) is 32.7. The summed E-state index contributed by atoms with van der Waals surface area (Å²) >= 11 is 3.37. The van der Waals surface area contributed by atoms with Gasteiger partial charge in [0.15, 0.2) is 57.6 Å². The number of esters is 1. The third kappa shape index (κ3) is 17.8. The van der Waals surface area contributed by atoms with Gasteiger partial charge in [-0.3, -0.25) is 14.0 Å². The summed E-state index contributed by atoms with van der Waals surface area (Å²) in [4.78, 5) is 83.6. The van der Waals surface area contributed by atoms with Crippen molar-refractivity contribution < 1.29 is 57.0 Å². The molecule has 0 fully saturated rings. The normalized spacial score (nSPS) is 12.8. The fourth-order valence-electron chi connectivity index (χ4n) is 8.84. The Labute approximate surface area is 540 Å². The minimum atomic E-state index is -0.506. The summed E-state index contributed by atoms with van der Waals surface area (Å²) in [6.45, 7) is 8.32. The molecule has 0 bridgehead atoms. The van der Waals surface area contributed by atoms with Gasteiger partial charge in [0, 0.05) is 72.0 Å². The molecule has 1 unspecified atom stereocenters. The molecule has 26 nitrogen and oxygen atoms in total. The van der Waals surface area contributed by atoms with Crippen molar-refractivity contribution in [2.75, 3.05) is 65.2 Å². The SMILES string of the molecule is CCOC(=O)c1ccc2c(c1)OCCO2.Cc1ccncn1.Nc1ncccn1.O=C(Cc1ccncn1)c1ccc2c(c1)OCCO2.O=C(c1ccc2c(c1)OCCO2)C(Br)c1ccncn1.c1cnc2nc(-c3ccc4c(c3)OCCO4)c(-c3ccncn3)n2c1. The average Bonchev–Trinajstić information content (AvgIpc) is 1.65. The Morgan fingerprint density at radius 2 is 1.03 bits per heavy atom. The Balaban J connectivity index is 0.000000128. The number of carbonyl (C=O) groups excluding carboxylic acids is 3. The molecule has 4 aliphatic heterocycles. The zero-order chi connectivity index (χ0) is 64.6. The van der Waals surface area contributed by atoms with Gasteiger partial charge in [0.1, 0.15) is 94.4 Å². The van der Waals surface area contributed by atoms with E-state index in [2.05, 4.69) is 70.8 Å². The van der Waals surface area contributed by atoms with Crippen molar-refractivity contribution in [3.8, 4) is 68.6 Å². The van der Waals surface area contributed by atoms with Gasteiger partial charge < -0.3 is 48.4 Å². The third-order valence-electron chi connectivity index (χ3n) is 13.2. The molecule has 0 amide bonds. The van der Waals surface area contributed by atoms with Crippen molar-refractivity contribution in [3.05, 3.63) is 218 Å². The topological polar surface area (TPSA) is 319 Å². The van der Waals surface area contributed by atoms with E-state index in [4.69, 9.17) is 53.3 Å². The molecule has 7 aromatic heterocycles. The summed E-state index contributed by atoms with van der Waals surface area (Å²) in [6, 6.07) is 32.0. The summed E-state index contributed by atoms with van der Waals surface area (Å²) in [6.07, 6.45) is 19.7. The van der Waals surface area contributed by atoms with Gasteiger partial charge >= 0.3 is 5.97 Å². The van der Waals surface area contributed by atoms with Crippen LogP contribution in [0.1, 0.15) is 59.9 Å². The lowest BCUT2D eigenvalue weighted by atomic mass is 10.1. The number of nitrogens with zero attached hydrogens (tertiary/aromatic N) is 13. The summed E-state index contributed by atoms with van der Waals surface area (Å²) in [5.41, 5.74) is 12.5. The number of rotatable bonds is 10. The van der Waals surface area contributed by atoms with Gasteiger partial charge in [-0.1, -0.05) is 15.9 Å². The molecule has 0 radical (unpaired) electrons. The largest absolute Gasteiger partial charge is 0.486 e. The minimum Gasteiger partial charge on any atom is -0.486 e. The van der Waals surface area contributed by atoms with Crippen LogP contribution in [0.5, 0.6) is 46.0 Å². The number of Topliss-reactive ketones (excluding diaryl/α,β-unsaturated/α-hetero) is 2. The first-order valence-electron chi connectivity index (χ1n) is 28.9. The molecular formula is C66H59BrN14O12. The molecule has 0 spiro atoms. The van der Waals surface area contributed by atoms with E-state index in [0.29, 0.717) is 134 Å². The van der Waals surface area contributed by atoms with Crippen LogP contribution in [0.2, 0.25) is 0 Å². The highest BCUT2D eigenvalue weighted by Crippen LogP contribution is 2.39. The molecule has 93 heavy (non-hydrogen) atoms. The van der Waals surface area contributed by atoms with Crippen molar-refractivity contribution >= 4 is 45.2 Å². The van der Waals surface area contributed by atoms with Crippen molar-refractivity contribution in [2.45, 2.75) is 25.1 Å². The first-order chi connectivity index (χ1) is 45.6. The number of halogens is 1. The Kier molecular flexibility index (Phi) is 22.7. The molecule has 11 aromatic rings. The number of fused-ring (bicyclic) bond motifs is 5. The van der Waals surface area contributed by atoms with Gasteiger partial charge in [0.25, 0.3) is 0 Å². The number of carbonyl (C=O) groups is 3. The molecule has 4 aliphatic rings. The number of anilines is 1. The summed E-state index contributed by atoms with van der Waals surface area (Å²) < 4.78 is 50.6. The summed E-state index contributed by atoms with van der Waals surface area (Å²) in [5, 5.41) is 0. The van der Waals surface area contributed by atoms with E-state index in [1.165, 1.54) is 25.3 Å². The lowest BCUT2D eigenvalue weighted by Crippen LogP contribution is -2.16. The first-order valence-corrected chi connectivity index (χ1v) is 29.8. The lowest BCUT2D eigenvalue weighted by Gasteiger charge is -2.19. The number of nitrogens with two attached hydrogens (primary N) is 1. The molecule has 2 N–H and O–H groups in total. The first kappa shape index (κ1) is 64.4. The van der Waals surface area contributed by atoms with Gasteiger partial charge in [-0.05, 0) is 123 Å². The number of ketones is 2. The maximum Gasteiger partial charge on any atom is 0.338 e. The molecule has 0 saturated heterocycles. The number of hydrogen-bond acceptors (Lipinski definition) is 25. The maximum absolute atomic E-state index is 12.4. The molecule has 4 aromatic carbocycles. The molecule has 11 heterocycles. The fourth-order valence-corrected chi connectivity index (χ4v) is 9.38. The average molecular weight is 1320 g/mol. The quantitative estimate of drug-likeness (QED) is 0.0756. The minimum absolute atomic E-state index is 0.00401. The number of alkyl halides is 1. The molecular weight excluding hydrogens is 1260 g/mol. The molecule has 0 saturated carbocycles. The molecule has 27 heteroatoms. The number of hydrogen-bond donors (Lipinski definition) is 1. The van der Waals surface area contributed by atoms with Gasteiger partial charge in [-0.2, -0.15) is 0 Å². The predicted octanol–water partition coefficient (Wildman–Crippen LogP) is 9.34. The molecule has 0 aliphatic carbocycles. The molecule has 472 valence electrons. The Morgan fingerprint density at radius 1 is 0.527 bits per heavy atom. The second-order valence-electron chi connectivity index (χ2n) is 19.5. The van der Waals surface area contributed by atoms with E-state index in [1.807, 2.05) is 53.9 Å². The predicted molar refractivity (Wildman–Crippen MR) is 340 cm³/mol. The number of benzene rings is 4. The Hall–Kier alpha value is -11.6. The molecule has 1 atom stereocenters. The summed E-state index contributed by atoms with van der Waals surface area (Å²) in [7, 11) is 0. The van der Waals surface area contributed by atoms with Crippen molar-refractivity contribution in [3.63, 3.8) is 0 Å². The smallest absolute Gasteiger partial charge is 0.338 e. The monoisotopic (exact) mass is 1320 g/mol. The van der Waals surface area contributed by atoms with E-state index in [-0.39, 0.29) is 24.0 Å². The van der Waals surface area contributed by atoms with Crippen LogP contribution in [0.15, 0.2) is 184 Å². The Morgan fingerprint density at radius 3 is 1.55 bits per heavy atom. The number of aromatic nitrogens is 13. The van der Waals surface area contributed by atoms with E-state index in [1.54, 1.807) is 123 Å². The van der Waals surface area contributed by atoms with Crippen LogP contribution in [0.3, 0.4) is 0 Å². The highest BCUT2D eigenvalue weighted by molar-refractivity contribution is 9.09. The Bertz CT molecular complexity index is 4210. The van der Waals surface area contributed by atoms with Gasteiger partial charge in [-0.25, -0.2) is 64.6 Å². The van der Waals surface area contributed by atoms with Crippen LogP contribution >= 0.6 is 15.9 Å². The number of nitrogen functional groups attached to an aromatic ring is 1. The van der Waals surface area contributed by atoms with Crippen LogP contribution in [-0.2, 0) is 11.2 Å². The van der Waals surface area contributed by atoms with Crippen molar-refractivity contribution in [2.24, 2.45) is 0 Å². The maximum atomic E-state index is 12.4. The number of ether oxygens (including phenoxy) is 9. The van der Waals surface area contributed by atoms with Crippen LogP contribution in [0, 0.1) is 6.92 Å². The van der Waals surface area contributed by atoms with E-state index >= 15 is 0 Å². The zero-order valence-corrected chi connectivity index (χ0v) is 51.7. The van der Waals surface area contributed by atoms with Crippen molar-refractivity contribution in [1.29, 1.82) is 0 Å². The van der Waals surface area contributed by atoms with Gasteiger partial charge in [-0.15, -0.1) is 0 Å². The van der Waals surface area contributed by atoms with E-state index in [0.717, 1.165) is 39.8 Å². The van der Waals surface area contributed by atoms with Gasteiger partial charge in [0.2, 0.25) is 11.7 Å². The number of imidazole rings is 1. The highest BCUT2D eigenvalue weighted by atomic mass is 79.9. The standard InChI is InChI=1S/C18H13N5O2.C14H11BrN2O3.C14H12N2O3.C11H12O4.C5H6N2.C4H5N3/c1-5-20-18-22-16(12-2-3-14-15(10-12)25-9-8-24-14)17(23(18)7-1)13-4-6-19-11-21-13;15-13(10-3-4-16-8-17-10)14(18)9-1-2-11-12(7-9)20-6-5-19-11;17-12(8-11-3-4-15-9-16-11)10-1-2-13-14(7-10)19-6-5-18-13;1-2-13-11(12)8-3-4-9-10(7-8)15-6-5-14-9;1-5-2-3-6-4-7-5;5-4-6-2-1-3-7-4/h1-7,10-11H,8-9H2;1-4,7-8,13H,5-6H2;1-4,7,9H,5-6,8H2;3-4,7H,2,5-6H2,1H3;2-4H,1H3;1-3H,(H2,5,6,7). The van der Waals surface area contributed by atoms with E-state index in [9.17, 15) is 14.4 Å². The van der Waals surface area contributed by atoms with Crippen LogP contribution in [0.4, 0.5) is 5.95 Å². The number of aryl methyl sites for hydroxylation is 1. The molecule has 15 rings (SSSR count). The fraction of sp³-hybridized carbons (Fsp3) is 0.197. The van der Waals surface area contributed by atoms with Crippen LogP contribution < -0.4 is 43.6 Å². The van der Waals surface area contributed by atoms with Crippen molar-refractivity contribution in [1.82, 2.24) is 64.2 Å². The van der Waals surface area contributed by atoms with E-state index < -0.39 is 4.83 Å². The zero-order valence-electron chi connectivity index (χ0n) is 50.1. The third-order valence-corrected chi connectivity index (χ3v) is 14.1. The second-order valence-corrected chi connectivity index (χ2v) is 20.4.